The molecule has 0 unspecified atom stereocenters. The number of hydrogen-bond donors (Lipinski definition) is 1. The van der Waals surface area contributed by atoms with Gasteiger partial charge in [-0.3, -0.25) is 9.36 Å². The van der Waals surface area contributed by atoms with Crippen molar-refractivity contribution in [3.8, 4) is 11.4 Å². The molecule has 2 aromatic heterocycles. The van der Waals surface area contributed by atoms with Crippen LogP contribution in [0, 0.1) is 0 Å². The van der Waals surface area contributed by atoms with Crippen molar-refractivity contribution in [3.05, 3.63) is 107 Å². The Bertz CT molecular complexity index is 1820. The van der Waals surface area contributed by atoms with Crippen molar-refractivity contribution in [1.82, 2.24) is 14.5 Å². The Kier molecular flexibility index (Phi) is 5.64. The number of nitrogens with one attached hydrogen (secondary N) is 1. The maximum Gasteiger partial charge on any atom is 0.573 e. The van der Waals surface area contributed by atoms with Gasteiger partial charge in [-0.1, -0.05) is 72.4 Å². The minimum atomic E-state index is -4.80. The molecule has 0 fully saturated rings. The summed E-state index contributed by atoms with van der Waals surface area (Å²) in [5, 5.41) is 3.47. The lowest BCUT2D eigenvalue weighted by Gasteiger charge is -2.14. The molecule has 0 radical (unpaired) electrons. The summed E-state index contributed by atoms with van der Waals surface area (Å²) in [6, 6.07) is 26.8. The van der Waals surface area contributed by atoms with E-state index in [1.807, 2.05) is 66.7 Å². The van der Waals surface area contributed by atoms with Gasteiger partial charge in [-0.05, 0) is 46.7 Å². The summed E-state index contributed by atoms with van der Waals surface area (Å²) in [5.74, 6) is 0.172. The quantitative estimate of drug-likeness (QED) is 0.194. The van der Waals surface area contributed by atoms with Crippen molar-refractivity contribution in [2.75, 3.05) is 0 Å². The summed E-state index contributed by atoms with van der Waals surface area (Å²) in [6.07, 6.45) is -4.80. The minimum absolute atomic E-state index is 0.325. The number of fused-ring (bicyclic) bond motifs is 4. The van der Waals surface area contributed by atoms with Gasteiger partial charge in [0.25, 0.3) is 5.56 Å². The summed E-state index contributed by atoms with van der Waals surface area (Å²) in [6.45, 7) is 0. The fraction of sp³-hybridized carbons (Fsp3) is 0.0714. The topological polar surface area (TPSA) is 59.9 Å². The molecule has 0 amide bonds. The van der Waals surface area contributed by atoms with Crippen LogP contribution in [0.4, 0.5) is 13.2 Å². The Morgan fingerprint density at radius 2 is 1.57 bits per heavy atom. The Morgan fingerprint density at radius 1 is 0.865 bits per heavy atom. The Balaban J connectivity index is 1.48. The normalized spacial score (nSPS) is 12.0. The standard InChI is InChI=1S/C28H18F3N3O2S/c29-28(30,31)36-20-14-12-19(13-15-20)34-26(35)25-24(22-10-3-4-11-23(22)32-25)33-27(34)37-16-18-8-5-7-17-6-1-2-9-21(17)18/h1-15,32H,16H2. The van der Waals surface area contributed by atoms with Gasteiger partial charge in [0.15, 0.2) is 5.16 Å². The van der Waals surface area contributed by atoms with Crippen LogP contribution in [0.15, 0.2) is 101 Å². The predicted octanol–water partition coefficient (Wildman–Crippen LogP) is 7.21. The highest BCUT2D eigenvalue weighted by molar-refractivity contribution is 7.98. The molecule has 6 rings (SSSR count). The van der Waals surface area contributed by atoms with Crippen molar-refractivity contribution in [2.24, 2.45) is 0 Å². The van der Waals surface area contributed by atoms with Crippen molar-refractivity contribution >= 4 is 44.5 Å². The number of halogens is 3. The van der Waals surface area contributed by atoms with Gasteiger partial charge in [0.05, 0.1) is 5.69 Å². The molecule has 2 heterocycles. The summed E-state index contributed by atoms with van der Waals surface area (Å²) in [7, 11) is 0. The molecule has 0 aliphatic rings. The number of alkyl halides is 3. The van der Waals surface area contributed by atoms with Crippen molar-refractivity contribution < 1.29 is 17.9 Å². The van der Waals surface area contributed by atoms with E-state index >= 15 is 0 Å². The van der Waals surface area contributed by atoms with E-state index in [1.54, 1.807) is 0 Å². The van der Waals surface area contributed by atoms with Crippen LogP contribution >= 0.6 is 11.8 Å². The number of thioether (sulfide) groups is 1. The number of aromatic nitrogens is 3. The highest BCUT2D eigenvalue weighted by atomic mass is 32.2. The number of ether oxygens (including phenoxy) is 1. The van der Waals surface area contributed by atoms with Crippen LogP contribution < -0.4 is 10.3 Å². The molecule has 1 N–H and O–H groups in total. The predicted molar refractivity (Wildman–Crippen MR) is 139 cm³/mol. The Hall–Kier alpha value is -4.24. The smallest absolute Gasteiger partial charge is 0.406 e. The van der Waals surface area contributed by atoms with Crippen LogP contribution in [-0.2, 0) is 5.75 Å². The molecule has 0 atom stereocenters. The summed E-state index contributed by atoms with van der Waals surface area (Å²) < 4.78 is 43.4. The van der Waals surface area contributed by atoms with E-state index in [0.29, 0.717) is 27.6 Å². The average Bonchev–Trinajstić information content (AvgIpc) is 3.26. The van der Waals surface area contributed by atoms with Crippen LogP contribution in [0.2, 0.25) is 0 Å². The fourth-order valence-corrected chi connectivity index (χ4v) is 5.43. The van der Waals surface area contributed by atoms with Gasteiger partial charge in [-0.25, -0.2) is 4.98 Å². The van der Waals surface area contributed by atoms with E-state index in [4.69, 9.17) is 4.98 Å². The summed E-state index contributed by atoms with van der Waals surface area (Å²) >= 11 is 1.39. The van der Waals surface area contributed by atoms with Gasteiger partial charge in [0.1, 0.15) is 16.8 Å². The number of nitrogens with zero attached hydrogens (tertiary/aromatic N) is 2. The second-order valence-electron chi connectivity index (χ2n) is 8.40. The van der Waals surface area contributed by atoms with Crippen molar-refractivity contribution in [1.29, 1.82) is 0 Å². The third-order valence-electron chi connectivity index (χ3n) is 6.06. The lowest BCUT2D eigenvalue weighted by molar-refractivity contribution is -0.274. The Labute approximate surface area is 212 Å². The lowest BCUT2D eigenvalue weighted by atomic mass is 10.1. The van der Waals surface area contributed by atoms with Gasteiger partial charge in [-0.2, -0.15) is 0 Å². The molecule has 9 heteroatoms. The number of hydrogen-bond acceptors (Lipinski definition) is 4. The molecule has 0 saturated carbocycles. The van der Waals surface area contributed by atoms with E-state index in [2.05, 4.69) is 9.72 Å². The molecule has 0 aliphatic carbocycles. The Morgan fingerprint density at radius 3 is 2.35 bits per heavy atom. The molecular formula is C28H18F3N3O2S. The number of H-pyrrole nitrogens is 1. The zero-order valence-electron chi connectivity index (χ0n) is 19.1. The molecule has 184 valence electrons. The minimum Gasteiger partial charge on any atom is -0.406 e. The van der Waals surface area contributed by atoms with E-state index < -0.39 is 6.36 Å². The maximum absolute atomic E-state index is 13.7. The van der Waals surface area contributed by atoms with Gasteiger partial charge < -0.3 is 9.72 Å². The van der Waals surface area contributed by atoms with Crippen LogP contribution in [0.3, 0.4) is 0 Å². The van der Waals surface area contributed by atoms with E-state index in [1.165, 1.54) is 40.6 Å². The van der Waals surface area contributed by atoms with Crippen LogP contribution in [0.25, 0.3) is 38.4 Å². The zero-order valence-corrected chi connectivity index (χ0v) is 19.9. The van der Waals surface area contributed by atoms with Crippen LogP contribution in [-0.4, -0.2) is 20.9 Å². The first-order chi connectivity index (χ1) is 17.9. The van der Waals surface area contributed by atoms with E-state index in [-0.39, 0.29) is 11.3 Å². The molecule has 37 heavy (non-hydrogen) atoms. The van der Waals surface area contributed by atoms with Crippen molar-refractivity contribution in [3.63, 3.8) is 0 Å². The molecule has 0 bridgehead atoms. The van der Waals surface area contributed by atoms with E-state index in [0.717, 1.165) is 27.2 Å². The fourth-order valence-electron chi connectivity index (χ4n) is 4.42. The second kappa shape index (κ2) is 9.01. The number of rotatable bonds is 5. The first-order valence-corrected chi connectivity index (χ1v) is 12.3. The molecule has 6 aromatic rings. The van der Waals surface area contributed by atoms with Gasteiger partial charge in [0, 0.05) is 16.7 Å². The van der Waals surface area contributed by atoms with Gasteiger partial charge >= 0.3 is 6.36 Å². The van der Waals surface area contributed by atoms with Crippen molar-refractivity contribution in [2.45, 2.75) is 17.3 Å². The summed E-state index contributed by atoms with van der Waals surface area (Å²) in [4.78, 5) is 21.7. The second-order valence-corrected chi connectivity index (χ2v) is 9.34. The highest BCUT2D eigenvalue weighted by Gasteiger charge is 2.31. The molecule has 0 aliphatic heterocycles. The first-order valence-electron chi connectivity index (χ1n) is 11.4. The molecular weight excluding hydrogens is 499 g/mol. The van der Waals surface area contributed by atoms with Gasteiger partial charge in [0.2, 0.25) is 0 Å². The lowest BCUT2D eigenvalue weighted by Crippen LogP contribution is -2.22. The number of para-hydroxylation sites is 1. The SMILES string of the molecule is O=c1c2[nH]c3ccccc3c2nc(SCc2cccc3ccccc23)n1-c1ccc(OC(F)(F)F)cc1. The average molecular weight is 518 g/mol. The molecule has 5 nitrogen and oxygen atoms in total. The number of aromatic amines is 1. The number of benzene rings is 4. The van der Waals surface area contributed by atoms with Crippen LogP contribution in [0.1, 0.15) is 5.56 Å². The maximum atomic E-state index is 13.7. The zero-order chi connectivity index (χ0) is 25.6. The van der Waals surface area contributed by atoms with E-state index in [9.17, 15) is 18.0 Å². The monoisotopic (exact) mass is 517 g/mol. The van der Waals surface area contributed by atoms with Gasteiger partial charge in [-0.15, -0.1) is 13.2 Å². The third-order valence-corrected chi connectivity index (χ3v) is 7.05. The molecule has 4 aromatic carbocycles. The van der Waals surface area contributed by atoms with Crippen LogP contribution in [0.5, 0.6) is 5.75 Å². The first kappa shape index (κ1) is 23.2. The molecule has 0 saturated heterocycles. The molecule has 0 spiro atoms. The largest absolute Gasteiger partial charge is 0.573 e. The highest BCUT2D eigenvalue weighted by Crippen LogP contribution is 2.31. The third kappa shape index (κ3) is 4.42. The summed E-state index contributed by atoms with van der Waals surface area (Å²) in [5.41, 5.74) is 2.77.